The van der Waals surface area contributed by atoms with Gasteiger partial charge in [-0.15, -0.1) is 0 Å². The van der Waals surface area contributed by atoms with Crippen molar-refractivity contribution in [3.8, 4) is 0 Å². The number of nitrogens with zero attached hydrogens (tertiary/aromatic N) is 3. The van der Waals surface area contributed by atoms with Crippen LogP contribution >= 0.6 is 0 Å². The highest BCUT2D eigenvalue weighted by Gasteiger charge is 2.05. The Bertz CT molecular complexity index is 622. The number of hydrogen-bond acceptors (Lipinski definition) is 7. The number of ether oxygens (including phenoxy) is 4. The summed E-state index contributed by atoms with van der Waals surface area (Å²) in [6.45, 7) is 6.16. The summed E-state index contributed by atoms with van der Waals surface area (Å²) in [6.07, 6.45) is 0. The molecule has 0 saturated heterocycles. The van der Waals surface area contributed by atoms with Crippen molar-refractivity contribution in [2.45, 2.75) is 6.92 Å². The van der Waals surface area contributed by atoms with Crippen LogP contribution in [0.4, 0.5) is 5.69 Å². The van der Waals surface area contributed by atoms with Gasteiger partial charge < -0.3 is 30.0 Å². The number of nitrogen functional groups attached to an aromatic ring is 1. The van der Waals surface area contributed by atoms with E-state index in [1.165, 1.54) is 0 Å². The number of anilines is 1. The quantitative estimate of drug-likeness (QED) is 0.143. The number of nitrogens with one attached hydrogen (secondary N) is 1. The minimum Gasteiger partial charge on any atom is -0.399 e. The second kappa shape index (κ2) is 15.7. The zero-order chi connectivity index (χ0) is 20.5. The third-order valence-corrected chi connectivity index (χ3v) is 3.58. The lowest BCUT2D eigenvalue weighted by Crippen LogP contribution is -2.27. The minimum atomic E-state index is -0.151. The van der Waals surface area contributed by atoms with Gasteiger partial charge in [0.1, 0.15) is 0 Å². The molecule has 0 aliphatic carbocycles. The molecule has 0 aliphatic heterocycles. The van der Waals surface area contributed by atoms with Crippen molar-refractivity contribution in [2.75, 3.05) is 71.7 Å². The zero-order valence-corrected chi connectivity index (χ0v) is 16.3. The van der Waals surface area contributed by atoms with Gasteiger partial charge in [0, 0.05) is 29.3 Å². The first kappa shape index (κ1) is 23.7. The second-order valence-corrected chi connectivity index (χ2v) is 5.73. The Hall–Kier alpha value is -2.36. The molecular weight excluding hydrogens is 366 g/mol. The molecule has 10 nitrogen and oxygen atoms in total. The van der Waals surface area contributed by atoms with E-state index >= 15 is 0 Å². The van der Waals surface area contributed by atoms with Gasteiger partial charge in [0.25, 0.3) is 5.91 Å². The lowest BCUT2D eigenvalue weighted by Gasteiger charge is -2.09. The molecule has 0 radical (unpaired) electrons. The van der Waals surface area contributed by atoms with E-state index in [-0.39, 0.29) is 5.91 Å². The molecule has 1 aromatic rings. The van der Waals surface area contributed by atoms with Crippen LogP contribution in [0.2, 0.25) is 0 Å². The molecule has 0 heterocycles. The van der Waals surface area contributed by atoms with Crippen LogP contribution < -0.4 is 11.1 Å². The topological polar surface area (TPSA) is 141 Å². The van der Waals surface area contributed by atoms with Gasteiger partial charge in [-0.1, -0.05) is 5.11 Å². The average molecular weight is 395 g/mol. The van der Waals surface area contributed by atoms with Gasteiger partial charge >= 0.3 is 0 Å². The molecule has 0 fully saturated rings. The van der Waals surface area contributed by atoms with Crippen LogP contribution in [-0.2, 0) is 18.9 Å². The maximum Gasteiger partial charge on any atom is 0.251 e. The fraction of sp³-hybridized carbons (Fsp3) is 0.611. The Morgan fingerprint density at radius 3 is 2.18 bits per heavy atom. The molecule has 3 N–H and O–H groups in total. The lowest BCUT2D eigenvalue weighted by atomic mass is 10.1. The number of aryl methyl sites for hydroxylation is 1. The number of carbonyl (C=O) groups excluding carboxylic acids is 1. The summed E-state index contributed by atoms with van der Waals surface area (Å²) in [5, 5.41) is 6.14. The molecule has 0 spiro atoms. The molecule has 0 unspecified atom stereocenters. The third-order valence-electron chi connectivity index (χ3n) is 3.58. The number of hydrogen-bond donors (Lipinski definition) is 2. The first-order valence-corrected chi connectivity index (χ1v) is 9.11. The summed E-state index contributed by atoms with van der Waals surface area (Å²) < 4.78 is 21.3. The Morgan fingerprint density at radius 1 is 1.04 bits per heavy atom. The van der Waals surface area contributed by atoms with Crippen molar-refractivity contribution in [3.05, 3.63) is 39.8 Å². The molecule has 1 rings (SSSR count). The molecule has 156 valence electrons. The number of azide groups is 1. The van der Waals surface area contributed by atoms with Crippen LogP contribution in [0.5, 0.6) is 0 Å². The molecule has 0 aliphatic rings. The van der Waals surface area contributed by atoms with E-state index in [1.54, 1.807) is 18.2 Å². The van der Waals surface area contributed by atoms with E-state index in [1.807, 2.05) is 6.92 Å². The van der Waals surface area contributed by atoms with Crippen molar-refractivity contribution in [3.63, 3.8) is 0 Å². The largest absolute Gasteiger partial charge is 0.399 e. The molecule has 10 heteroatoms. The lowest BCUT2D eigenvalue weighted by molar-refractivity contribution is -0.000572. The van der Waals surface area contributed by atoms with E-state index in [9.17, 15) is 4.79 Å². The number of benzene rings is 1. The van der Waals surface area contributed by atoms with Gasteiger partial charge in [-0.3, -0.25) is 4.79 Å². The van der Waals surface area contributed by atoms with E-state index < -0.39 is 0 Å². The zero-order valence-electron chi connectivity index (χ0n) is 16.3. The van der Waals surface area contributed by atoms with E-state index in [2.05, 4.69) is 15.3 Å². The maximum absolute atomic E-state index is 12.0. The second-order valence-electron chi connectivity index (χ2n) is 5.73. The van der Waals surface area contributed by atoms with Crippen molar-refractivity contribution in [2.24, 2.45) is 5.11 Å². The Balaban J connectivity index is 1.87. The number of nitrogens with two attached hydrogens (primary N) is 1. The number of amides is 1. The van der Waals surface area contributed by atoms with Gasteiger partial charge in [0.05, 0.1) is 52.9 Å². The molecule has 1 amide bonds. The summed E-state index contributed by atoms with van der Waals surface area (Å²) >= 11 is 0. The first-order valence-electron chi connectivity index (χ1n) is 9.11. The van der Waals surface area contributed by atoms with Gasteiger partial charge in [0.2, 0.25) is 0 Å². The molecule has 0 atom stereocenters. The van der Waals surface area contributed by atoms with E-state index in [0.29, 0.717) is 77.2 Å². The molecule has 0 aromatic heterocycles. The molecule has 1 aromatic carbocycles. The molecule has 0 bridgehead atoms. The van der Waals surface area contributed by atoms with Crippen molar-refractivity contribution < 1.29 is 23.7 Å². The van der Waals surface area contributed by atoms with Crippen LogP contribution in [0.15, 0.2) is 23.3 Å². The van der Waals surface area contributed by atoms with Crippen LogP contribution in [0.25, 0.3) is 10.4 Å². The van der Waals surface area contributed by atoms with Crippen molar-refractivity contribution >= 4 is 11.6 Å². The van der Waals surface area contributed by atoms with E-state index in [4.69, 9.17) is 30.2 Å². The highest BCUT2D eigenvalue weighted by atomic mass is 16.6. The summed E-state index contributed by atoms with van der Waals surface area (Å²) in [5.41, 5.74) is 16.0. The van der Waals surface area contributed by atoms with Crippen LogP contribution in [-0.4, -0.2) is 71.9 Å². The Morgan fingerprint density at radius 2 is 1.61 bits per heavy atom. The smallest absolute Gasteiger partial charge is 0.251 e. The highest BCUT2D eigenvalue weighted by molar-refractivity contribution is 5.94. The highest BCUT2D eigenvalue weighted by Crippen LogP contribution is 2.12. The predicted octanol–water partition coefficient (Wildman–Crippen LogP) is 1.68. The predicted molar refractivity (Wildman–Crippen MR) is 105 cm³/mol. The number of carbonyl (C=O) groups is 1. The first-order chi connectivity index (χ1) is 13.6. The number of rotatable bonds is 16. The fourth-order valence-corrected chi connectivity index (χ4v) is 2.07. The minimum absolute atomic E-state index is 0.151. The summed E-state index contributed by atoms with van der Waals surface area (Å²) in [6, 6.07) is 5.18. The summed E-state index contributed by atoms with van der Waals surface area (Å²) in [7, 11) is 0. The Labute approximate surface area is 164 Å². The van der Waals surface area contributed by atoms with Gasteiger partial charge in [0.15, 0.2) is 0 Å². The SMILES string of the molecule is Cc1cc(C(=O)NCCOCCOCCOCCOCCN=[N+]=[N-])ccc1N. The summed E-state index contributed by atoms with van der Waals surface area (Å²) in [4.78, 5) is 14.6. The molecule has 0 saturated carbocycles. The van der Waals surface area contributed by atoms with Crippen molar-refractivity contribution in [1.29, 1.82) is 0 Å². The monoisotopic (exact) mass is 395 g/mol. The average Bonchev–Trinajstić information content (AvgIpc) is 2.69. The normalized spacial score (nSPS) is 10.5. The fourth-order valence-electron chi connectivity index (χ4n) is 2.07. The standard InChI is InChI=1S/C18H29N5O5/c1-15-14-16(2-3-17(15)19)18(24)21-4-6-25-8-10-27-12-13-28-11-9-26-7-5-22-23-20/h2-3,14H,4-13,19H2,1H3,(H,21,24). The molecular formula is C18H29N5O5. The van der Waals surface area contributed by atoms with Gasteiger partial charge in [-0.2, -0.15) is 0 Å². The van der Waals surface area contributed by atoms with Crippen LogP contribution in [0.1, 0.15) is 15.9 Å². The van der Waals surface area contributed by atoms with E-state index in [0.717, 1.165) is 5.56 Å². The van der Waals surface area contributed by atoms with Gasteiger partial charge in [-0.25, -0.2) is 0 Å². The summed E-state index contributed by atoms with van der Waals surface area (Å²) in [5.74, 6) is -0.151. The van der Waals surface area contributed by atoms with Gasteiger partial charge in [-0.05, 0) is 36.2 Å². The molecule has 28 heavy (non-hydrogen) atoms. The van der Waals surface area contributed by atoms with Crippen molar-refractivity contribution in [1.82, 2.24) is 5.32 Å². The van der Waals surface area contributed by atoms with Crippen LogP contribution in [0, 0.1) is 6.92 Å². The third kappa shape index (κ3) is 11.4. The van der Waals surface area contributed by atoms with Crippen LogP contribution in [0.3, 0.4) is 0 Å². The Kier molecular flexibility index (Phi) is 13.3. The maximum atomic E-state index is 12.0.